The molecule has 0 aliphatic rings. The van der Waals surface area contributed by atoms with Crippen LogP contribution >= 0.6 is 31.9 Å². The average molecular weight is 620 g/mol. The SMILES string of the molecule is CCCOc1ccc(C(=O)N/N=C/c2cc(Br)c(OCc3ccc(C(=O)O)cc3)c(Br)c2)cc1OC. The van der Waals surface area contributed by atoms with Crippen LogP contribution in [0.25, 0.3) is 0 Å². The molecule has 1 amide bonds. The van der Waals surface area contributed by atoms with Crippen LogP contribution in [0.15, 0.2) is 68.6 Å². The number of hydrogen-bond acceptors (Lipinski definition) is 6. The van der Waals surface area contributed by atoms with Crippen LogP contribution in [0, 0.1) is 0 Å². The normalized spacial score (nSPS) is 10.8. The van der Waals surface area contributed by atoms with E-state index >= 15 is 0 Å². The average Bonchev–Trinajstić information content (AvgIpc) is 2.87. The lowest BCUT2D eigenvalue weighted by atomic mass is 10.1. The number of nitrogens with one attached hydrogen (secondary N) is 1. The van der Waals surface area contributed by atoms with Gasteiger partial charge in [-0.3, -0.25) is 4.79 Å². The largest absolute Gasteiger partial charge is 0.493 e. The third-order valence-corrected chi connectivity index (χ3v) is 6.05. The molecule has 36 heavy (non-hydrogen) atoms. The number of aromatic carboxylic acids is 1. The summed E-state index contributed by atoms with van der Waals surface area (Å²) in [4.78, 5) is 23.5. The highest BCUT2D eigenvalue weighted by atomic mass is 79.9. The summed E-state index contributed by atoms with van der Waals surface area (Å²) >= 11 is 6.99. The lowest BCUT2D eigenvalue weighted by molar-refractivity contribution is 0.0696. The van der Waals surface area contributed by atoms with Gasteiger partial charge >= 0.3 is 5.97 Å². The summed E-state index contributed by atoms with van der Waals surface area (Å²) in [6.07, 6.45) is 2.37. The molecule has 0 unspecified atom stereocenters. The molecule has 3 aromatic rings. The Morgan fingerprint density at radius 2 is 1.64 bits per heavy atom. The van der Waals surface area contributed by atoms with Crippen LogP contribution in [0.3, 0.4) is 0 Å². The fraction of sp³-hybridized carbons (Fsp3) is 0.192. The van der Waals surface area contributed by atoms with Gasteiger partial charge in [0.25, 0.3) is 5.91 Å². The van der Waals surface area contributed by atoms with Gasteiger partial charge in [-0.15, -0.1) is 0 Å². The third-order valence-electron chi connectivity index (χ3n) is 4.87. The summed E-state index contributed by atoms with van der Waals surface area (Å²) in [6.45, 7) is 2.82. The molecular weight excluding hydrogens is 596 g/mol. The Kier molecular flexibility index (Phi) is 9.89. The van der Waals surface area contributed by atoms with Crippen molar-refractivity contribution in [1.82, 2.24) is 5.43 Å². The van der Waals surface area contributed by atoms with Crippen molar-refractivity contribution in [3.05, 3.63) is 85.8 Å². The van der Waals surface area contributed by atoms with E-state index < -0.39 is 11.9 Å². The molecule has 0 saturated heterocycles. The van der Waals surface area contributed by atoms with Gasteiger partial charge in [-0.2, -0.15) is 5.10 Å². The monoisotopic (exact) mass is 618 g/mol. The van der Waals surface area contributed by atoms with E-state index in [1.54, 1.807) is 42.5 Å². The van der Waals surface area contributed by atoms with Crippen LogP contribution in [0.1, 0.15) is 45.2 Å². The third kappa shape index (κ3) is 7.32. The summed E-state index contributed by atoms with van der Waals surface area (Å²) in [5.74, 6) is 0.264. The highest BCUT2D eigenvalue weighted by Crippen LogP contribution is 2.35. The molecule has 0 bridgehead atoms. The molecule has 0 radical (unpaired) electrons. The fourth-order valence-electron chi connectivity index (χ4n) is 3.06. The molecule has 0 aliphatic carbocycles. The quantitative estimate of drug-likeness (QED) is 0.200. The molecular formula is C26H24Br2N2O6. The minimum absolute atomic E-state index is 0.217. The van der Waals surface area contributed by atoms with Crippen molar-refractivity contribution < 1.29 is 28.9 Å². The minimum atomic E-state index is -0.976. The predicted molar refractivity (Wildman–Crippen MR) is 143 cm³/mol. The second-order valence-corrected chi connectivity index (χ2v) is 9.23. The molecule has 188 valence electrons. The minimum Gasteiger partial charge on any atom is -0.493 e. The van der Waals surface area contributed by atoms with Crippen molar-refractivity contribution in [1.29, 1.82) is 0 Å². The Hall–Kier alpha value is -3.37. The molecule has 8 nitrogen and oxygen atoms in total. The van der Waals surface area contributed by atoms with Crippen LogP contribution in [0.4, 0.5) is 0 Å². The van der Waals surface area contributed by atoms with Gasteiger partial charge in [-0.25, -0.2) is 10.2 Å². The molecule has 0 spiro atoms. The fourth-order valence-corrected chi connectivity index (χ4v) is 4.51. The molecule has 2 N–H and O–H groups in total. The Bertz CT molecular complexity index is 1240. The predicted octanol–water partition coefficient (Wildman–Crippen LogP) is 6.05. The first-order chi connectivity index (χ1) is 17.3. The van der Waals surface area contributed by atoms with E-state index in [1.807, 2.05) is 6.92 Å². The highest BCUT2D eigenvalue weighted by Gasteiger charge is 2.12. The van der Waals surface area contributed by atoms with Crippen LogP contribution in [0.2, 0.25) is 0 Å². The molecule has 0 fully saturated rings. The van der Waals surface area contributed by atoms with Gasteiger partial charge in [0.15, 0.2) is 11.5 Å². The number of carboxylic acids is 1. The Balaban J connectivity index is 1.62. The van der Waals surface area contributed by atoms with Gasteiger partial charge in [0, 0.05) is 5.56 Å². The summed E-state index contributed by atoms with van der Waals surface area (Å²) in [5, 5.41) is 13.0. The van der Waals surface area contributed by atoms with Gasteiger partial charge in [0.2, 0.25) is 0 Å². The van der Waals surface area contributed by atoms with Gasteiger partial charge in [0.05, 0.1) is 34.4 Å². The van der Waals surface area contributed by atoms with Crippen molar-refractivity contribution in [2.45, 2.75) is 20.0 Å². The van der Waals surface area contributed by atoms with Gasteiger partial charge < -0.3 is 19.3 Å². The molecule has 0 aromatic heterocycles. The van der Waals surface area contributed by atoms with Crippen LogP contribution < -0.4 is 19.6 Å². The number of carboxylic acid groups (broad SMARTS) is 1. The first-order valence-electron chi connectivity index (χ1n) is 10.9. The lowest BCUT2D eigenvalue weighted by Gasteiger charge is -2.12. The molecule has 0 atom stereocenters. The molecule has 3 aromatic carbocycles. The van der Waals surface area contributed by atoms with Crippen molar-refractivity contribution in [2.75, 3.05) is 13.7 Å². The van der Waals surface area contributed by atoms with Crippen molar-refractivity contribution in [3.63, 3.8) is 0 Å². The number of hydrazone groups is 1. The number of benzene rings is 3. The zero-order valence-corrected chi connectivity index (χ0v) is 22.8. The molecule has 0 aliphatic heterocycles. The smallest absolute Gasteiger partial charge is 0.335 e. The summed E-state index contributed by atoms with van der Waals surface area (Å²) in [6, 6.07) is 15.0. The Labute approximate surface area is 225 Å². The summed E-state index contributed by atoms with van der Waals surface area (Å²) < 4.78 is 18.2. The second kappa shape index (κ2) is 13.1. The van der Waals surface area contributed by atoms with E-state index in [0.29, 0.717) is 43.9 Å². The Morgan fingerprint density at radius 3 is 2.25 bits per heavy atom. The van der Waals surface area contributed by atoms with Crippen LogP contribution in [0.5, 0.6) is 17.2 Å². The van der Waals surface area contributed by atoms with Crippen LogP contribution in [-0.4, -0.2) is 36.9 Å². The van der Waals surface area contributed by atoms with Crippen molar-refractivity contribution in [3.8, 4) is 17.2 Å². The number of ether oxygens (including phenoxy) is 3. The zero-order valence-electron chi connectivity index (χ0n) is 19.6. The maximum Gasteiger partial charge on any atom is 0.335 e. The lowest BCUT2D eigenvalue weighted by Crippen LogP contribution is -2.17. The highest BCUT2D eigenvalue weighted by molar-refractivity contribution is 9.11. The van der Waals surface area contributed by atoms with Crippen molar-refractivity contribution in [2.24, 2.45) is 5.10 Å². The maximum atomic E-state index is 12.5. The number of methoxy groups -OCH3 is 1. The number of halogens is 2. The van der Waals surface area contributed by atoms with Crippen LogP contribution in [-0.2, 0) is 6.61 Å². The Morgan fingerprint density at radius 1 is 0.972 bits per heavy atom. The van der Waals surface area contributed by atoms with E-state index in [4.69, 9.17) is 19.3 Å². The van der Waals surface area contributed by atoms with Gasteiger partial charge in [0.1, 0.15) is 12.4 Å². The number of carbonyl (C=O) groups excluding carboxylic acids is 1. The number of carbonyl (C=O) groups is 2. The number of amides is 1. The zero-order chi connectivity index (χ0) is 26.1. The van der Waals surface area contributed by atoms with Crippen molar-refractivity contribution >= 4 is 50.0 Å². The van der Waals surface area contributed by atoms with E-state index in [-0.39, 0.29) is 12.2 Å². The first-order valence-corrected chi connectivity index (χ1v) is 12.5. The summed E-state index contributed by atoms with van der Waals surface area (Å²) in [7, 11) is 1.52. The molecule has 10 heteroatoms. The van der Waals surface area contributed by atoms with Gasteiger partial charge in [-0.1, -0.05) is 19.1 Å². The standard InChI is InChI=1S/C26H24Br2N2O6/c1-3-10-35-22-9-8-19(13-23(22)34-2)25(31)30-29-14-17-11-20(27)24(21(28)12-17)36-15-16-4-6-18(7-5-16)26(32)33/h4-9,11-14H,3,10,15H2,1-2H3,(H,30,31)(H,32,33)/b29-14+. The molecule has 3 rings (SSSR count). The number of hydrogen-bond donors (Lipinski definition) is 2. The van der Waals surface area contributed by atoms with E-state index in [0.717, 1.165) is 12.0 Å². The molecule has 0 heterocycles. The van der Waals surface area contributed by atoms with Gasteiger partial charge in [-0.05, 0) is 91.9 Å². The first kappa shape index (κ1) is 27.2. The van der Waals surface area contributed by atoms with E-state index in [9.17, 15) is 9.59 Å². The number of nitrogens with zero attached hydrogens (tertiary/aromatic N) is 1. The number of rotatable bonds is 11. The second-order valence-electron chi connectivity index (χ2n) is 7.52. The molecule has 0 saturated carbocycles. The summed E-state index contributed by atoms with van der Waals surface area (Å²) in [5.41, 5.74) is 4.65. The van der Waals surface area contributed by atoms with E-state index in [1.165, 1.54) is 25.5 Å². The topological polar surface area (TPSA) is 106 Å². The maximum absolute atomic E-state index is 12.5. The van der Waals surface area contributed by atoms with E-state index in [2.05, 4.69) is 42.4 Å².